The summed E-state index contributed by atoms with van der Waals surface area (Å²) >= 11 is 0. The highest BCUT2D eigenvalue weighted by Gasteiger charge is 2.49. The van der Waals surface area contributed by atoms with Gasteiger partial charge in [-0.05, 0) is 37.1 Å². The van der Waals surface area contributed by atoms with Gasteiger partial charge >= 0.3 is 6.03 Å². The molecule has 0 aliphatic carbocycles. The number of methoxy groups -OCH3 is 1. The lowest BCUT2D eigenvalue weighted by Gasteiger charge is -2.30. The third kappa shape index (κ3) is 4.63. The summed E-state index contributed by atoms with van der Waals surface area (Å²) in [6, 6.07) is 14.7. The number of hydrogen-bond acceptors (Lipinski definition) is 6. The number of urea groups is 1. The number of carbonyl (C=O) groups is 3. The molecule has 9 nitrogen and oxygen atoms in total. The molecule has 2 heterocycles. The average molecular weight is 486 g/mol. The Hall–Kier alpha value is -3.40. The van der Waals surface area contributed by atoms with E-state index >= 15 is 0 Å². The van der Waals surface area contributed by atoms with Crippen molar-refractivity contribution in [2.45, 2.75) is 31.3 Å². The Morgan fingerprint density at radius 3 is 2.47 bits per heavy atom. The van der Waals surface area contributed by atoms with Crippen molar-refractivity contribution in [1.82, 2.24) is 10.2 Å². The molecular formula is C24H27N3O6S. The van der Waals surface area contributed by atoms with Crippen molar-refractivity contribution >= 4 is 33.4 Å². The maximum atomic E-state index is 13.4. The fourth-order valence-electron chi connectivity index (χ4n) is 4.58. The first-order valence-corrected chi connectivity index (χ1v) is 12.8. The maximum Gasteiger partial charge on any atom is 0.325 e. The fourth-order valence-corrected chi connectivity index (χ4v) is 6.28. The second-order valence-electron chi connectivity index (χ2n) is 8.80. The van der Waals surface area contributed by atoms with Crippen LogP contribution in [0.5, 0.6) is 5.75 Å². The summed E-state index contributed by atoms with van der Waals surface area (Å²) < 4.78 is 29.5. The molecule has 2 aliphatic rings. The highest BCUT2D eigenvalue weighted by Crippen LogP contribution is 2.29. The molecule has 2 atom stereocenters. The van der Waals surface area contributed by atoms with Gasteiger partial charge in [0.1, 0.15) is 17.8 Å². The number of carbonyl (C=O) groups excluding carboxylic acids is 3. The van der Waals surface area contributed by atoms with E-state index in [1.54, 1.807) is 43.3 Å². The minimum Gasteiger partial charge on any atom is -0.496 e. The lowest BCUT2D eigenvalue weighted by atomic mass is 9.92. The zero-order valence-electron chi connectivity index (χ0n) is 19.1. The van der Waals surface area contributed by atoms with Gasteiger partial charge in [0.05, 0.1) is 24.7 Å². The molecule has 1 N–H and O–H groups in total. The van der Waals surface area contributed by atoms with Crippen LogP contribution in [-0.4, -0.2) is 67.9 Å². The molecule has 2 unspecified atom stereocenters. The molecule has 2 aromatic rings. The summed E-state index contributed by atoms with van der Waals surface area (Å²) in [5.74, 6) is -0.603. The molecule has 4 rings (SSSR count). The number of para-hydroxylation sites is 2. The van der Waals surface area contributed by atoms with Crippen LogP contribution in [0.3, 0.4) is 0 Å². The zero-order valence-corrected chi connectivity index (χ0v) is 19.9. The van der Waals surface area contributed by atoms with Gasteiger partial charge in [0.25, 0.3) is 5.91 Å². The topological polar surface area (TPSA) is 113 Å². The van der Waals surface area contributed by atoms with Crippen molar-refractivity contribution in [3.8, 4) is 5.75 Å². The van der Waals surface area contributed by atoms with Gasteiger partial charge in [0, 0.05) is 12.1 Å². The number of amides is 4. The van der Waals surface area contributed by atoms with E-state index in [9.17, 15) is 22.8 Å². The Morgan fingerprint density at radius 1 is 1.15 bits per heavy atom. The van der Waals surface area contributed by atoms with Crippen LogP contribution >= 0.6 is 0 Å². The number of ether oxygens (including phenoxy) is 1. The first-order chi connectivity index (χ1) is 16.1. The monoisotopic (exact) mass is 485 g/mol. The van der Waals surface area contributed by atoms with E-state index in [0.29, 0.717) is 17.9 Å². The lowest BCUT2D eigenvalue weighted by molar-refractivity contribution is -0.134. The van der Waals surface area contributed by atoms with Crippen LogP contribution in [0.2, 0.25) is 0 Å². The van der Waals surface area contributed by atoms with E-state index in [2.05, 4.69) is 5.32 Å². The average Bonchev–Trinajstić information content (AvgIpc) is 3.26. The van der Waals surface area contributed by atoms with Gasteiger partial charge in [-0.1, -0.05) is 36.4 Å². The second-order valence-corrected chi connectivity index (χ2v) is 11.0. The van der Waals surface area contributed by atoms with Gasteiger partial charge in [-0.25, -0.2) is 13.2 Å². The smallest absolute Gasteiger partial charge is 0.325 e. The number of anilines is 1. The van der Waals surface area contributed by atoms with E-state index < -0.39 is 45.8 Å². The molecule has 0 bridgehead atoms. The van der Waals surface area contributed by atoms with Crippen molar-refractivity contribution in [1.29, 1.82) is 0 Å². The number of sulfone groups is 1. The third-order valence-electron chi connectivity index (χ3n) is 6.25. The van der Waals surface area contributed by atoms with E-state index in [0.717, 1.165) is 10.5 Å². The van der Waals surface area contributed by atoms with Crippen molar-refractivity contribution in [2.24, 2.45) is 0 Å². The van der Waals surface area contributed by atoms with E-state index in [-0.39, 0.29) is 17.9 Å². The van der Waals surface area contributed by atoms with Crippen LogP contribution in [-0.2, 0) is 25.8 Å². The van der Waals surface area contributed by atoms with Crippen molar-refractivity contribution in [2.75, 3.05) is 30.1 Å². The molecule has 2 aliphatic heterocycles. The van der Waals surface area contributed by atoms with Crippen LogP contribution in [0, 0.1) is 0 Å². The zero-order chi connectivity index (χ0) is 24.5. The standard InChI is InChI=1S/C24H27N3O6S/c1-24(14-17-8-6-7-11-20(17)33-2)22(29)26(23(30)25-24)15-21(28)27(18-9-4-3-5-10-18)19-12-13-34(31,32)16-19/h3-11,19H,12-16H2,1-2H3,(H,25,30). The first-order valence-electron chi connectivity index (χ1n) is 11.0. The quantitative estimate of drug-likeness (QED) is 0.598. The molecule has 2 aromatic carbocycles. The molecule has 0 aromatic heterocycles. The molecule has 180 valence electrons. The van der Waals surface area contributed by atoms with Gasteiger partial charge in [-0.3, -0.25) is 14.5 Å². The number of benzene rings is 2. The van der Waals surface area contributed by atoms with Crippen molar-refractivity contribution in [3.05, 3.63) is 60.2 Å². The molecule has 10 heteroatoms. The largest absolute Gasteiger partial charge is 0.496 e. The van der Waals surface area contributed by atoms with Crippen LogP contribution in [0.25, 0.3) is 0 Å². The Kier molecular flexibility index (Phi) is 6.35. The summed E-state index contributed by atoms with van der Waals surface area (Å²) in [6.45, 7) is 1.13. The van der Waals surface area contributed by atoms with Gasteiger partial charge in [0.2, 0.25) is 5.91 Å². The number of nitrogens with zero attached hydrogens (tertiary/aromatic N) is 2. The highest BCUT2D eigenvalue weighted by molar-refractivity contribution is 7.91. The number of imide groups is 1. The minimum absolute atomic E-state index is 0.00556. The Balaban J connectivity index is 1.56. The van der Waals surface area contributed by atoms with E-state index in [4.69, 9.17) is 4.74 Å². The minimum atomic E-state index is -3.26. The van der Waals surface area contributed by atoms with Crippen LogP contribution in [0.1, 0.15) is 18.9 Å². The predicted molar refractivity (Wildman–Crippen MR) is 126 cm³/mol. The Morgan fingerprint density at radius 2 is 1.82 bits per heavy atom. The fraction of sp³-hybridized carbons (Fsp3) is 0.375. The van der Waals surface area contributed by atoms with E-state index in [1.807, 2.05) is 18.2 Å². The maximum absolute atomic E-state index is 13.4. The molecule has 0 spiro atoms. The molecular weight excluding hydrogens is 458 g/mol. The molecule has 0 radical (unpaired) electrons. The van der Waals surface area contributed by atoms with Gasteiger partial charge in [-0.15, -0.1) is 0 Å². The van der Waals surface area contributed by atoms with Crippen LogP contribution in [0.4, 0.5) is 10.5 Å². The Bertz CT molecular complexity index is 1220. The number of rotatable bonds is 7. The molecule has 0 saturated carbocycles. The second kappa shape index (κ2) is 9.09. The highest BCUT2D eigenvalue weighted by atomic mass is 32.2. The number of nitrogens with one attached hydrogen (secondary N) is 1. The normalized spacial score (nSPS) is 23.6. The Labute approximate surface area is 198 Å². The predicted octanol–water partition coefficient (Wildman–Crippen LogP) is 1.77. The van der Waals surface area contributed by atoms with Gasteiger partial charge < -0.3 is 15.0 Å². The summed E-state index contributed by atoms with van der Waals surface area (Å²) in [7, 11) is -1.73. The molecule has 2 saturated heterocycles. The molecule has 34 heavy (non-hydrogen) atoms. The van der Waals surface area contributed by atoms with Gasteiger partial charge in [-0.2, -0.15) is 0 Å². The van der Waals surface area contributed by atoms with Gasteiger partial charge in [0.15, 0.2) is 9.84 Å². The van der Waals surface area contributed by atoms with Crippen LogP contribution < -0.4 is 15.0 Å². The molecule has 2 fully saturated rings. The first kappa shape index (κ1) is 23.7. The summed E-state index contributed by atoms with van der Waals surface area (Å²) in [6.07, 6.45) is 0.490. The molecule has 4 amide bonds. The number of hydrogen-bond donors (Lipinski definition) is 1. The van der Waals surface area contributed by atoms with Crippen LogP contribution in [0.15, 0.2) is 54.6 Å². The van der Waals surface area contributed by atoms with Crippen molar-refractivity contribution < 1.29 is 27.5 Å². The lowest BCUT2D eigenvalue weighted by Crippen LogP contribution is -2.49. The summed E-state index contributed by atoms with van der Waals surface area (Å²) in [5.41, 5.74) is 0.0233. The SMILES string of the molecule is COc1ccccc1CC1(C)NC(=O)N(CC(=O)N(c2ccccc2)C2CCS(=O)(=O)C2)C1=O. The summed E-state index contributed by atoms with van der Waals surface area (Å²) in [4.78, 5) is 41.8. The van der Waals surface area contributed by atoms with Crippen molar-refractivity contribution in [3.63, 3.8) is 0 Å². The third-order valence-corrected chi connectivity index (χ3v) is 8.00. The van der Waals surface area contributed by atoms with E-state index in [1.165, 1.54) is 12.0 Å². The summed E-state index contributed by atoms with van der Waals surface area (Å²) in [5, 5.41) is 2.71.